The zero-order chi connectivity index (χ0) is 10.6. The smallest absolute Gasteiger partial charge is 0.222 e. The van der Waals surface area contributed by atoms with Crippen LogP contribution in [0.4, 0.5) is 0 Å². The first-order chi connectivity index (χ1) is 6.85. The maximum atomic E-state index is 5.54. The Morgan fingerprint density at radius 3 is 2.29 bits per heavy atom. The summed E-state index contributed by atoms with van der Waals surface area (Å²) in [5.41, 5.74) is 0. The molecule has 0 aliphatic carbocycles. The predicted octanol–water partition coefficient (Wildman–Crippen LogP) is 2.80. The van der Waals surface area contributed by atoms with Gasteiger partial charge in [-0.1, -0.05) is 5.92 Å². The molecule has 0 amide bonds. The van der Waals surface area contributed by atoms with Crippen molar-refractivity contribution < 1.29 is 9.47 Å². The second kappa shape index (κ2) is 10.8. The summed E-state index contributed by atoms with van der Waals surface area (Å²) >= 11 is 5.54. The van der Waals surface area contributed by atoms with E-state index in [-0.39, 0.29) is 6.29 Å². The van der Waals surface area contributed by atoms with Gasteiger partial charge in [-0.15, -0.1) is 11.6 Å². The molecule has 82 valence electrons. The van der Waals surface area contributed by atoms with Gasteiger partial charge in [0.2, 0.25) is 6.29 Å². The van der Waals surface area contributed by atoms with Crippen LogP contribution in [-0.4, -0.2) is 25.4 Å². The van der Waals surface area contributed by atoms with Crippen LogP contribution in [0.25, 0.3) is 0 Å². The number of rotatable bonds is 7. The average Bonchev–Trinajstić information content (AvgIpc) is 2.18. The van der Waals surface area contributed by atoms with Crippen LogP contribution in [-0.2, 0) is 9.47 Å². The summed E-state index contributed by atoms with van der Waals surface area (Å²) in [5, 5.41) is 0. The summed E-state index contributed by atoms with van der Waals surface area (Å²) in [6.07, 6.45) is 2.57. The monoisotopic (exact) mass is 218 g/mol. The highest BCUT2D eigenvalue weighted by atomic mass is 35.5. The van der Waals surface area contributed by atoms with Crippen molar-refractivity contribution in [2.24, 2.45) is 0 Å². The number of unbranched alkanes of at least 4 members (excludes halogenated alkanes) is 2. The summed E-state index contributed by atoms with van der Waals surface area (Å²) in [4.78, 5) is 0. The van der Waals surface area contributed by atoms with Gasteiger partial charge in [-0.25, -0.2) is 0 Å². The van der Waals surface area contributed by atoms with Gasteiger partial charge in [-0.3, -0.25) is 0 Å². The molecule has 2 nitrogen and oxygen atoms in total. The molecule has 0 radical (unpaired) electrons. The highest BCUT2D eigenvalue weighted by molar-refractivity contribution is 6.17. The molecular formula is C11H19ClO2. The Balaban J connectivity index is 3.64. The Bertz CT molecular complexity index is 166. The normalized spacial score (nSPS) is 10.0. The minimum absolute atomic E-state index is 0.360. The van der Waals surface area contributed by atoms with Gasteiger partial charge in [0.1, 0.15) is 0 Å². The van der Waals surface area contributed by atoms with Gasteiger partial charge in [0.15, 0.2) is 0 Å². The molecule has 3 heteroatoms. The van der Waals surface area contributed by atoms with Crippen molar-refractivity contribution in [2.75, 3.05) is 19.1 Å². The molecule has 0 unspecified atom stereocenters. The van der Waals surface area contributed by atoms with Crippen LogP contribution in [0.3, 0.4) is 0 Å². The minimum atomic E-state index is -0.360. The van der Waals surface area contributed by atoms with Gasteiger partial charge in [0.25, 0.3) is 0 Å². The van der Waals surface area contributed by atoms with Gasteiger partial charge >= 0.3 is 0 Å². The zero-order valence-electron chi connectivity index (χ0n) is 9.01. The van der Waals surface area contributed by atoms with E-state index in [0.29, 0.717) is 19.1 Å². The third kappa shape index (κ3) is 8.37. The first-order valence-electron chi connectivity index (χ1n) is 5.12. The maximum Gasteiger partial charge on any atom is 0.222 e. The van der Waals surface area contributed by atoms with E-state index in [1.54, 1.807) is 0 Å². The Kier molecular flexibility index (Phi) is 10.7. The van der Waals surface area contributed by atoms with Crippen molar-refractivity contribution >= 4 is 11.6 Å². The minimum Gasteiger partial charge on any atom is -0.342 e. The van der Waals surface area contributed by atoms with Gasteiger partial charge < -0.3 is 9.47 Å². The fraction of sp³-hybridized carbons (Fsp3) is 0.818. The van der Waals surface area contributed by atoms with Crippen LogP contribution >= 0.6 is 11.6 Å². The number of halogens is 1. The number of hydrogen-bond donors (Lipinski definition) is 0. The van der Waals surface area contributed by atoms with Gasteiger partial charge in [0, 0.05) is 25.5 Å². The molecule has 0 aromatic heterocycles. The lowest BCUT2D eigenvalue weighted by atomic mass is 10.2. The van der Waals surface area contributed by atoms with Crippen LogP contribution in [0.15, 0.2) is 0 Å². The third-order valence-electron chi connectivity index (χ3n) is 1.54. The number of alkyl halides is 1. The van der Waals surface area contributed by atoms with E-state index in [0.717, 1.165) is 19.3 Å². The fourth-order valence-corrected chi connectivity index (χ4v) is 1.09. The molecule has 0 aliphatic heterocycles. The molecule has 0 rings (SSSR count). The summed E-state index contributed by atoms with van der Waals surface area (Å²) in [7, 11) is 0. The largest absolute Gasteiger partial charge is 0.342 e. The van der Waals surface area contributed by atoms with Crippen molar-refractivity contribution in [1.82, 2.24) is 0 Å². The Morgan fingerprint density at radius 2 is 1.79 bits per heavy atom. The van der Waals surface area contributed by atoms with Crippen LogP contribution in [0.5, 0.6) is 0 Å². The molecule has 0 fully saturated rings. The third-order valence-corrected chi connectivity index (χ3v) is 1.81. The number of ether oxygens (including phenoxy) is 2. The summed E-state index contributed by atoms with van der Waals surface area (Å²) in [5.74, 6) is 6.68. The lowest BCUT2D eigenvalue weighted by molar-refractivity contribution is -0.0970. The zero-order valence-corrected chi connectivity index (χ0v) is 9.77. The maximum absolute atomic E-state index is 5.54. The molecule has 0 aromatic rings. The molecule has 0 aliphatic rings. The molecule has 0 N–H and O–H groups in total. The molecule has 0 atom stereocenters. The molecular weight excluding hydrogens is 200 g/mol. The van der Waals surface area contributed by atoms with Crippen molar-refractivity contribution in [3.05, 3.63) is 0 Å². The molecule has 0 saturated heterocycles. The van der Waals surface area contributed by atoms with Crippen molar-refractivity contribution in [3.63, 3.8) is 0 Å². The van der Waals surface area contributed by atoms with Gasteiger partial charge in [-0.2, -0.15) is 0 Å². The lowest BCUT2D eigenvalue weighted by Crippen LogP contribution is -2.14. The van der Waals surface area contributed by atoms with E-state index in [2.05, 4.69) is 11.8 Å². The Morgan fingerprint density at radius 1 is 1.14 bits per heavy atom. The van der Waals surface area contributed by atoms with E-state index >= 15 is 0 Å². The van der Waals surface area contributed by atoms with Crippen molar-refractivity contribution in [1.29, 1.82) is 0 Å². The molecule has 0 aromatic carbocycles. The van der Waals surface area contributed by atoms with E-state index < -0.39 is 0 Å². The van der Waals surface area contributed by atoms with E-state index in [9.17, 15) is 0 Å². The van der Waals surface area contributed by atoms with Crippen molar-refractivity contribution in [3.8, 4) is 11.8 Å². The van der Waals surface area contributed by atoms with E-state index in [1.165, 1.54) is 0 Å². The van der Waals surface area contributed by atoms with Crippen LogP contribution < -0.4 is 0 Å². The SMILES string of the molecule is CCOC(C#CCCCCCl)OCC. The lowest BCUT2D eigenvalue weighted by Gasteiger charge is -2.09. The molecule has 0 saturated carbocycles. The quantitative estimate of drug-likeness (QED) is 0.283. The Labute approximate surface area is 91.9 Å². The summed E-state index contributed by atoms with van der Waals surface area (Å²) in [6, 6.07) is 0. The molecule has 0 bridgehead atoms. The summed E-state index contributed by atoms with van der Waals surface area (Å²) in [6.45, 7) is 5.12. The standard InChI is InChI=1S/C11H19ClO2/c1-3-13-11(14-4-2)9-7-5-6-8-10-12/h11H,3-6,8,10H2,1-2H3. The molecule has 0 spiro atoms. The second-order valence-corrected chi connectivity index (χ2v) is 3.09. The van der Waals surface area contributed by atoms with Crippen molar-refractivity contribution in [2.45, 2.75) is 39.4 Å². The van der Waals surface area contributed by atoms with Crippen LogP contribution in [0.2, 0.25) is 0 Å². The van der Waals surface area contributed by atoms with Crippen LogP contribution in [0.1, 0.15) is 33.1 Å². The van der Waals surface area contributed by atoms with Gasteiger partial charge in [0.05, 0.1) is 0 Å². The highest BCUT2D eigenvalue weighted by Crippen LogP contribution is 1.97. The van der Waals surface area contributed by atoms with E-state index in [1.807, 2.05) is 13.8 Å². The van der Waals surface area contributed by atoms with E-state index in [4.69, 9.17) is 21.1 Å². The first kappa shape index (κ1) is 13.8. The molecule has 0 heterocycles. The highest BCUT2D eigenvalue weighted by Gasteiger charge is 2.00. The average molecular weight is 219 g/mol. The predicted molar refractivity (Wildman–Crippen MR) is 59.4 cm³/mol. The number of hydrogen-bond acceptors (Lipinski definition) is 2. The second-order valence-electron chi connectivity index (χ2n) is 2.71. The molecule has 14 heavy (non-hydrogen) atoms. The van der Waals surface area contributed by atoms with Gasteiger partial charge in [-0.05, 0) is 32.6 Å². The topological polar surface area (TPSA) is 18.5 Å². The Hall–Kier alpha value is -0.230. The first-order valence-corrected chi connectivity index (χ1v) is 5.66. The fourth-order valence-electron chi connectivity index (χ4n) is 0.898. The summed E-state index contributed by atoms with van der Waals surface area (Å²) < 4.78 is 10.5. The van der Waals surface area contributed by atoms with Crippen LogP contribution in [0, 0.1) is 11.8 Å².